The first-order valence-electron chi connectivity index (χ1n) is 11.2. The molecule has 0 bridgehead atoms. The van der Waals surface area contributed by atoms with Gasteiger partial charge in [0.25, 0.3) is 0 Å². The molecule has 1 aliphatic heterocycles. The quantitative estimate of drug-likeness (QED) is 0.332. The number of hydrogen-bond acceptors (Lipinski definition) is 7. The molecule has 0 spiro atoms. The predicted octanol–water partition coefficient (Wildman–Crippen LogP) is 5.38. The summed E-state index contributed by atoms with van der Waals surface area (Å²) in [7, 11) is 0. The Bertz CT molecular complexity index is 1440. The Morgan fingerprint density at radius 2 is 2.00 bits per heavy atom. The molecule has 180 valence electrons. The predicted molar refractivity (Wildman–Crippen MR) is 141 cm³/mol. The van der Waals surface area contributed by atoms with Gasteiger partial charge >= 0.3 is 6.03 Å². The second-order valence-corrected chi connectivity index (χ2v) is 9.02. The summed E-state index contributed by atoms with van der Waals surface area (Å²) in [4.78, 5) is 42.5. The molecule has 2 aromatic carbocycles. The number of amides is 3. The topological polar surface area (TPSA) is 103 Å². The minimum absolute atomic E-state index is 0.228. The van der Waals surface area contributed by atoms with Crippen LogP contribution < -0.4 is 15.5 Å². The third-order valence-electron chi connectivity index (χ3n) is 5.49. The molecule has 2 aromatic heterocycles. The maximum absolute atomic E-state index is 13.8. The van der Waals surface area contributed by atoms with E-state index >= 15 is 0 Å². The Labute approximate surface area is 212 Å². The van der Waals surface area contributed by atoms with Crippen LogP contribution >= 0.6 is 11.3 Å². The van der Waals surface area contributed by atoms with Crippen molar-refractivity contribution >= 4 is 51.5 Å². The number of nitrogens with one attached hydrogen (secondary N) is 2. The van der Waals surface area contributed by atoms with Crippen molar-refractivity contribution in [1.82, 2.24) is 19.9 Å². The first-order chi connectivity index (χ1) is 17.5. The standard InChI is InChI=1S/C26H23N7O2S/c1-3-22(34)29-20-10-7-11-21(12-20)33-23-19(13-27-24(30-23)31-25-28-17(2)16-36-25)15-32(26(33)35)14-18-8-5-4-6-9-18/h3-13,16H,1,14-15H2,2H3,(H,29,34)(H,27,28,30,31). The van der Waals surface area contributed by atoms with Crippen molar-refractivity contribution in [1.29, 1.82) is 0 Å². The van der Waals surface area contributed by atoms with E-state index in [9.17, 15) is 9.59 Å². The highest BCUT2D eigenvalue weighted by molar-refractivity contribution is 7.13. The summed E-state index contributed by atoms with van der Waals surface area (Å²) in [6.07, 6.45) is 2.92. The molecule has 10 heteroatoms. The molecule has 0 fully saturated rings. The molecule has 0 unspecified atom stereocenters. The largest absolute Gasteiger partial charge is 0.330 e. The zero-order valence-corrected chi connectivity index (χ0v) is 20.3. The zero-order chi connectivity index (χ0) is 25.1. The highest BCUT2D eigenvalue weighted by Gasteiger charge is 2.33. The lowest BCUT2D eigenvalue weighted by atomic mass is 10.1. The van der Waals surface area contributed by atoms with Crippen LogP contribution in [0.2, 0.25) is 0 Å². The van der Waals surface area contributed by atoms with Gasteiger partial charge in [-0.2, -0.15) is 4.98 Å². The van der Waals surface area contributed by atoms with Crippen molar-refractivity contribution in [3.8, 4) is 0 Å². The number of benzene rings is 2. The summed E-state index contributed by atoms with van der Waals surface area (Å²) in [5.41, 5.74) is 3.81. The van der Waals surface area contributed by atoms with Crippen LogP contribution in [-0.2, 0) is 17.9 Å². The molecule has 0 atom stereocenters. The number of aryl methyl sites for hydroxylation is 1. The van der Waals surface area contributed by atoms with Gasteiger partial charge in [0.2, 0.25) is 11.9 Å². The monoisotopic (exact) mass is 497 g/mol. The number of aromatic nitrogens is 3. The maximum Gasteiger partial charge on any atom is 0.330 e. The molecule has 3 amide bonds. The average Bonchev–Trinajstić information content (AvgIpc) is 3.29. The molecule has 1 aliphatic rings. The molecule has 0 aliphatic carbocycles. The smallest absolute Gasteiger partial charge is 0.322 e. The van der Waals surface area contributed by atoms with Crippen LogP contribution in [0.1, 0.15) is 16.8 Å². The fraction of sp³-hybridized carbons (Fsp3) is 0.115. The fourth-order valence-corrected chi connectivity index (χ4v) is 4.53. The van der Waals surface area contributed by atoms with Gasteiger partial charge in [0, 0.05) is 29.4 Å². The van der Waals surface area contributed by atoms with E-state index < -0.39 is 0 Å². The average molecular weight is 498 g/mol. The number of nitrogens with zero attached hydrogens (tertiary/aromatic N) is 5. The Balaban J connectivity index is 1.54. The third-order valence-corrected chi connectivity index (χ3v) is 6.36. The molecular formula is C26H23N7O2S. The zero-order valence-electron chi connectivity index (χ0n) is 19.5. The lowest BCUT2D eigenvalue weighted by molar-refractivity contribution is -0.111. The normalized spacial score (nSPS) is 12.8. The Kier molecular flexibility index (Phi) is 6.42. The van der Waals surface area contributed by atoms with Crippen molar-refractivity contribution in [3.63, 3.8) is 0 Å². The highest BCUT2D eigenvalue weighted by Crippen LogP contribution is 2.36. The van der Waals surface area contributed by atoms with Gasteiger partial charge in [-0.15, -0.1) is 11.3 Å². The van der Waals surface area contributed by atoms with Crippen LogP contribution in [0.4, 0.5) is 33.1 Å². The number of fused-ring (bicyclic) bond motifs is 1. The fourth-order valence-electron chi connectivity index (χ4n) is 3.85. The Hall–Kier alpha value is -4.57. The second kappa shape index (κ2) is 9.96. The van der Waals surface area contributed by atoms with Crippen LogP contribution in [0, 0.1) is 6.92 Å². The van der Waals surface area contributed by atoms with Gasteiger partial charge in [-0.1, -0.05) is 43.0 Å². The molecule has 0 saturated heterocycles. The third kappa shape index (κ3) is 4.93. The van der Waals surface area contributed by atoms with Crippen LogP contribution in [0.15, 0.2) is 78.8 Å². The first kappa shape index (κ1) is 23.2. The van der Waals surface area contributed by atoms with Crippen molar-refractivity contribution in [3.05, 3.63) is 95.6 Å². The summed E-state index contributed by atoms with van der Waals surface area (Å²) in [6.45, 7) is 6.20. The molecule has 36 heavy (non-hydrogen) atoms. The molecule has 4 aromatic rings. The van der Waals surface area contributed by atoms with Crippen molar-refractivity contribution in [2.24, 2.45) is 0 Å². The van der Waals surface area contributed by atoms with Gasteiger partial charge in [0.15, 0.2) is 10.9 Å². The van der Waals surface area contributed by atoms with Gasteiger partial charge < -0.3 is 10.2 Å². The van der Waals surface area contributed by atoms with Gasteiger partial charge in [-0.25, -0.2) is 19.7 Å². The van der Waals surface area contributed by atoms with Crippen molar-refractivity contribution < 1.29 is 9.59 Å². The molecule has 3 heterocycles. The van der Waals surface area contributed by atoms with Crippen LogP contribution in [-0.4, -0.2) is 31.8 Å². The van der Waals surface area contributed by atoms with E-state index in [4.69, 9.17) is 4.98 Å². The number of carbonyl (C=O) groups excluding carboxylic acids is 2. The van der Waals surface area contributed by atoms with Gasteiger partial charge in [-0.3, -0.25) is 10.1 Å². The highest BCUT2D eigenvalue weighted by atomic mass is 32.1. The number of hydrogen-bond donors (Lipinski definition) is 2. The molecule has 0 saturated carbocycles. The number of rotatable bonds is 7. The molecular weight excluding hydrogens is 474 g/mol. The van der Waals surface area contributed by atoms with Crippen molar-refractivity contribution in [2.75, 3.05) is 15.5 Å². The van der Waals surface area contributed by atoms with Crippen molar-refractivity contribution in [2.45, 2.75) is 20.0 Å². The van der Waals surface area contributed by atoms with Gasteiger partial charge in [0.1, 0.15) is 0 Å². The van der Waals surface area contributed by atoms with E-state index in [1.165, 1.54) is 17.4 Å². The maximum atomic E-state index is 13.8. The van der Waals surface area contributed by atoms with E-state index in [0.29, 0.717) is 41.4 Å². The van der Waals surface area contributed by atoms with E-state index in [0.717, 1.165) is 16.8 Å². The summed E-state index contributed by atoms with van der Waals surface area (Å²) >= 11 is 1.45. The molecule has 5 rings (SSSR count). The van der Waals surface area contributed by atoms with E-state index in [1.807, 2.05) is 42.6 Å². The lowest BCUT2D eigenvalue weighted by Crippen LogP contribution is -2.45. The van der Waals surface area contributed by atoms with E-state index in [2.05, 4.69) is 27.2 Å². The first-order valence-corrected chi connectivity index (χ1v) is 12.1. The Morgan fingerprint density at radius 1 is 1.17 bits per heavy atom. The van der Waals surface area contributed by atoms with Gasteiger partial charge in [0.05, 0.1) is 17.9 Å². The van der Waals surface area contributed by atoms with E-state index in [1.54, 1.807) is 40.3 Å². The van der Waals surface area contributed by atoms with Crippen LogP contribution in [0.3, 0.4) is 0 Å². The minimum Gasteiger partial charge on any atom is -0.322 e. The number of carbonyl (C=O) groups is 2. The lowest BCUT2D eigenvalue weighted by Gasteiger charge is -2.36. The summed E-state index contributed by atoms with van der Waals surface area (Å²) < 4.78 is 0. The van der Waals surface area contributed by atoms with Crippen LogP contribution in [0.25, 0.3) is 0 Å². The SMILES string of the molecule is C=CC(=O)Nc1cccc(N2C(=O)N(Cc3ccccc3)Cc3cnc(Nc4nc(C)cs4)nc32)c1. The number of thiazole rings is 1. The Morgan fingerprint density at radius 3 is 2.75 bits per heavy atom. The van der Waals surface area contributed by atoms with Crippen LogP contribution in [0.5, 0.6) is 0 Å². The molecule has 0 radical (unpaired) electrons. The molecule has 9 nitrogen and oxygen atoms in total. The minimum atomic E-state index is -0.337. The number of anilines is 5. The number of urea groups is 1. The second-order valence-electron chi connectivity index (χ2n) is 8.16. The summed E-state index contributed by atoms with van der Waals surface area (Å²) in [5.74, 6) is 0.478. The molecule has 2 N–H and O–H groups in total. The summed E-state index contributed by atoms with van der Waals surface area (Å²) in [5, 5.41) is 8.47. The summed E-state index contributed by atoms with van der Waals surface area (Å²) in [6, 6.07) is 16.6. The van der Waals surface area contributed by atoms with Gasteiger partial charge in [-0.05, 0) is 36.8 Å². The van der Waals surface area contributed by atoms with E-state index in [-0.39, 0.29) is 11.9 Å².